The Kier molecular flexibility index (Phi) is 7.89. The Labute approximate surface area is 201 Å². The van der Waals surface area contributed by atoms with E-state index in [9.17, 15) is 31.1 Å². The summed E-state index contributed by atoms with van der Waals surface area (Å²) in [6.07, 6.45) is -6.65. The molecule has 0 spiro atoms. The van der Waals surface area contributed by atoms with E-state index in [0.29, 0.717) is 11.3 Å². The number of fused-ring (bicyclic) bond motifs is 1. The van der Waals surface area contributed by atoms with E-state index in [4.69, 9.17) is 4.74 Å². The van der Waals surface area contributed by atoms with Crippen LogP contribution >= 0.6 is 0 Å². The maximum atomic E-state index is 13.3. The molecule has 0 bridgehead atoms. The molecule has 2 amide bonds. The number of rotatable bonds is 8. The van der Waals surface area contributed by atoms with Gasteiger partial charge in [-0.2, -0.15) is 26.3 Å². The van der Waals surface area contributed by atoms with Crippen LogP contribution in [0.15, 0.2) is 30.9 Å². The summed E-state index contributed by atoms with van der Waals surface area (Å²) in [7, 11) is 1.42. The zero-order valence-corrected chi connectivity index (χ0v) is 19.4. The van der Waals surface area contributed by atoms with Gasteiger partial charge in [-0.25, -0.2) is 24.7 Å². The number of amides is 2. The second-order valence-corrected chi connectivity index (χ2v) is 7.76. The molecule has 0 aromatic carbocycles. The number of urea groups is 1. The summed E-state index contributed by atoms with van der Waals surface area (Å²) in [5.74, 6) is 0.370. The lowest BCUT2D eigenvalue weighted by Gasteiger charge is -2.31. The van der Waals surface area contributed by atoms with Crippen LogP contribution < -0.4 is 10.1 Å². The zero-order valence-electron chi connectivity index (χ0n) is 19.4. The molecule has 196 valence electrons. The molecule has 3 aromatic heterocycles. The summed E-state index contributed by atoms with van der Waals surface area (Å²) in [4.78, 5) is 30.8. The minimum absolute atomic E-state index is 0.0384. The van der Waals surface area contributed by atoms with Gasteiger partial charge in [-0.1, -0.05) is 0 Å². The van der Waals surface area contributed by atoms with Crippen molar-refractivity contribution in [1.82, 2.24) is 34.6 Å². The number of nitrogens with zero attached hydrogens (tertiary/aromatic N) is 6. The molecule has 0 fully saturated rings. The fourth-order valence-electron chi connectivity index (χ4n) is 3.49. The van der Waals surface area contributed by atoms with E-state index in [1.165, 1.54) is 33.2 Å². The van der Waals surface area contributed by atoms with E-state index >= 15 is 0 Å². The van der Waals surface area contributed by atoms with E-state index in [2.05, 4.69) is 19.9 Å². The molecule has 1 unspecified atom stereocenters. The minimum atomic E-state index is -5.05. The lowest BCUT2D eigenvalue weighted by molar-refractivity contribution is -0.171. The molecule has 9 nitrogen and oxygen atoms in total. The average molecular weight is 519 g/mol. The fraction of sp³-hybridized carbons (Fsp3) is 0.476. The molecule has 2 atom stereocenters. The van der Waals surface area contributed by atoms with Crippen LogP contribution in [0.25, 0.3) is 17.2 Å². The van der Waals surface area contributed by atoms with Gasteiger partial charge in [0, 0.05) is 37.8 Å². The second-order valence-electron chi connectivity index (χ2n) is 7.76. The van der Waals surface area contributed by atoms with E-state index in [0.717, 1.165) is 4.90 Å². The number of aromatic nitrogens is 5. The number of ether oxygens (including phenoxy) is 1. The maximum absolute atomic E-state index is 13.3. The molecule has 0 aliphatic carbocycles. The van der Waals surface area contributed by atoms with Crippen LogP contribution in [0, 0.1) is 0 Å². The Bertz CT molecular complexity index is 1200. The number of carbonyl (C=O) groups excluding carboxylic acids is 1. The Balaban J connectivity index is 1.84. The molecule has 1 N–H and O–H groups in total. The number of alkyl halides is 6. The normalized spacial score (nSPS) is 13.9. The lowest BCUT2D eigenvalue weighted by Crippen LogP contribution is -2.51. The summed E-state index contributed by atoms with van der Waals surface area (Å²) in [6.45, 7) is 3.01. The first kappa shape index (κ1) is 26.9. The quantitative estimate of drug-likeness (QED) is 0.439. The number of nitrogens with one attached hydrogen (secondary N) is 1. The minimum Gasteiger partial charge on any atom is -0.478 e. The Morgan fingerprint density at radius 2 is 1.89 bits per heavy atom. The molecule has 0 saturated heterocycles. The third-order valence-corrected chi connectivity index (χ3v) is 5.35. The molecular formula is C21H23F6N7O2. The summed E-state index contributed by atoms with van der Waals surface area (Å²) >= 11 is 0. The fourth-order valence-corrected chi connectivity index (χ4v) is 3.49. The Hall–Kier alpha value is -3.65. The van der Waals surface area contributed by atoms with Crippen molar-refractivity contribution < 1.29 is 35.9 Å². The van der Waals surface area contributed by atoms with E-state index in [1.54, 1.807) is 28.3 Å². The predicted octanol–water partition coefficient (Wildman–Crippen LogP) is 4.56. The SMILES string of the molecule is CCN(C(=O)N[C@@H](CCC(F)(F)F)C(F)(F)F)C(C)c1ccnc(-c2cn3ccnc3c(OC)n2)n1. The predicted molar refractivity (Wildman–Crippen MR) is 115 cm³/mol. The standard InChI is InChI=1S/C21H23F6N7O2/c1-4-34(19(35)32-15(21(25,26)27)5-7-20(22,23)24)12(2)13-6-8-28-16(30-13)14-11-33-10-9-29-17(33)18(31-14)36-3/h6,8-12,15H,4-5,7H2,1-3H3,(H,32,35)/t12?,15-/m0/s1. The van der Waals surface area contributed by atoms with Crippen LogP contribution in [0.2, 0.25) is 0 Å². The van der Waals surface area contributed by atoms with Crippen molar-refractivity contribution in [3.63, 3.8) is 0 Å². The van der Waals surface area contributed by atoms with E-state index in [1.807, 2.05) is 0 Å². The van der Waals surface area contributed by atoms with Crippen molar-refractivity contribution in [2.45, 2.75) is 51.1 Å². The summed E-state index contributed by atoms with van der Waals surface area (Å²) in [5.41, 5.74) is 1.05. The first-order valence-corrected chi connectivity index (χ1v) is 10.8. The maximum Gasteiger partial charge on any atom is 0.408 e. The second kappa shape index (κ2) is 10.5. The molecule has 3 aromatic rings. The van der Waals surface area contributed by atoms with Gasteiger partial charge in [-0.15, -0.1) is 0 Å². The van der Waals surface area contributed by atoms with Gasteiger partial charge in [0.2, 0.25) is 0 Å². The first-order chi connectivity index (χ1) is 16.8. The van der Waals surface area contributed by atoms with E-state index < -0.39 is 43.3 Å². The highest BCUT2D eigenvalue weighted by molar-refractivity contribution is 5.75. The van der Waals surface area contributed by atoms with Crippen molar-refractivity contribution in [2.75, 3.05) is 13.7 Å². The van der Waals surface area contributed by atoms with Gasteiger partial charge in [0.05, 0.1) is 18.8 Å². The van der Waals surface area contributed by atoms with Gasteiger partial charge < -0.3 is 19.4 Å². The van der Waals surface area contributed by atoms with Gasteiger partial charge >= 0.3 is 18.4 Å². The molecule has 0 aliphatic heterocycles. The van der Waals surface area contributed by atoms with Gasteiger partial charge in [0.1, 0.15) is 11.7 Å². The topological polar surface area (TPSA) is 97.5 Å². The van der Waals surface area contributed by atoms with Crippen LogP contribution in [0.3, 0.4) is 0 Å². The number of methoxy groups -OCH3 is 1. The Morgan fingerprint density at radius 3 is 2.50 bits per heavy atom. The van der Waals surface area contributed by atoms with Crippen LogP contribution in [0.4, 0.5) is 31.1 Å². The zero-order chi connectivity index (χ0) is 26.7. The van der Waals surface area contributed by atoms with Gasteiger partial charge in [0.25, 0.3) is 5.88 Å². The highest BCUT2D eigenvalue weighted by Crippen LogP contribution is 2.30. The molecule has 0 saturated carbocycles. The Morgan fingerprint density at radius 1 is 1.17 bits per heavy atom. The van der Waals surface area contributed by atoms with Gasteiger partial charge in [-0.3, -0.25) is 0 Å². The summed E-state index contributed by atoms with van der Waals surface area (Å²) < 4.78 is 84.2. The van der Waals surface area contributed by atoms with Crippen molar-refractivity contribution in [3.05, 3.63) is 36.5 Å². The first-order valence-electron chi connectivity index (χ1n) is 10.8. The third kappa shape index (κ3) is 6.31. The van der Waals surface area contributed by atoms with E-state index in [-0.39, 0.29) is 23.9 Å². The van der Waals surface area contributed by atoms with Crippen molar-refractivity contribution in [1.29, 1.82) is 0 Å². The van der Waals surface area contributed by atoms with Crippen molar-refractivity contribution >= 4 is 11.7 Å². The smallest absolute Gasteiger partial charge is 0.408 e. The number of carbonyl (C=O) groups is 1. The highest BCUT2D eigenvalue weighted by Gasteiger charge is 2.43. The van der Waals surface area contributed by atoms with Crippen LogP contribution in [-0.2, 0) is 0 Å². The average Bonchev–Trinajstić information content (AvgIpc) is 3.29. The number of hydrogen-bond acceptors (Lipinski definition) is 6. The van der Waals surface area contributed by atoms with Crippen molar-refractivity contribution in [2.24, 2.45) is 0 Å². The summed E-state index contributed by atoms with van der Waals surface area (Å²) in [5, 5.41) is 1.69. The molecule has 0 aliphatic rings. The molecular weight excluding hydrogens is 496 g/mol. The molecule has 3 rings (SSSR count). The number of hydrogen-bond donors (Lipinski definition) is 1. The molecule has 3 heterocycles. The molecule has 0 radical (unpaired) electrons. The number of halogens is 6. The third-order valence-electron chi connectivity index (χ3n) is 5.35. The number of imidazole rings is 1. The van der Waals surface area contributed by atoms with Gasteiger partial charge in [0.15, 0.2) is 11.5 Å². The molecule has 15 heteroatoms. The monoisotopic (exact) mass is 519 g/mol. The highest BCUT2D eigenvalue weighted by atomic mass is 19.4. The van der Waals surface area contributed by atoms with Crippen LogP contribution in [0.5, 0.6) is 5.88 Å². The van der Waals surface area contributed by atoms with Crippen LogP contribution in [-0.4, -0.2) is 67.3 Å². The van der Waals surface area contributed by atoms with Crippen molar-refractivity contribution in [3.8, 4) is 17.4 Å². The largest absolute Gasteiger partial charge is 0.478 e. The van der Waals surface area contributed by atoms with Crippen LogP contribution in [0.1, 0.15) is 38.4 Å². The summed E-state index contributed by atoms with van der Waals surface area (Å²) in [6, 6.07) is -3.20. The van der Waals surface area contributed by atoms with Gasteiger partial charge in [-0.05, 0) is 26.3 Å². The molecule has 36 heavy (non-hydrogen) atoms. The lowest BCUT2D eigenvalue weighted by atomic mass is 10.1.